The van der Waals surface area contributed by atoms with Gasteiger partial charge in [0.15, 0.2) is 0 Å². The summed E-state index contributed by atoms with van der Waals surface area (Å²) >= 11 is 0. The number of hydrogen-bond acceptors (Lipinski definition) is 3. The molecule has 2 aromatic carbocycles. The van der Waals surface area contributed by atoms with Gasteiger partial charge in [-0.3, -0.25) is 4.79 Å². The van der Waals surface area contributed by atoms with Crippen molar-refractivity contribution in [3.8, 4) is 0 Å². The van der Waals surface area contributed by atoms with Crippen LogP contribution in [0.2, 0.25) is 0 Å². The summed E-state index contributed by atoms with van der Waals surface area (Å²) in [5.41, 5.74) is 3.94. The Balaban J connectivity index is 1.98. The molecule has 0 fully saturated rings. The van der Waals surface area contributed by atoms with Crippen molar-refractivity contribution in [2.45, 2.75) is 19.5 Å². The number of nitrogens with one attached hydrogen (secondary N) is 1. The van der Waals surface area contributed by atoms with Crippen LogP contribution in [0.3, 0.4) is 0 Å². The Kier molecular flexibility index (Phi) is 4.63. The maximum absolute atomic E-state index is 13.0. The van der Waals surface area contributed by atoms with Crippen LogP contribution >= 0.6 is 0 Å². The van der Waals surface area contributed by atoms with Gasteiger partial charge in [0.1, 0.15) is 6.17 Å². The van der Waals surface area contributed by atoms with Crippen LogP contribution in [0.5, 0.6) is 0 Å². The summed E-state index contributed by atoms with van der Waals surface area (Å²) in [6.07, 6.45) is 0.671. The van der Waals surface area contributed by atoms with E-state index in [1.165, 1.54) is 5.56 Å². The van der Waals surface area contributed by atoms with Crippen LogP contribution in [0.1, 0.15) is 34.1 Å². The molecule has 1 atom stereocenters. The lowest BCUT2D eigenvalue weighted by Crippen LogP contribution is -2.43. The zero-order chi connectivity index (χ0) is 16.2. The fourth-order valence-corrected chi connectivity index (χ4v) is 3.04. The second-order valence-corrected chi connectivity index (χ2v) is 5.79. The van der Waals surface area contributed by atoms with Crippen LogP contribution in [0.25, 0.3) is 0 Å². The summed E-state index contributed by atoms with van der Waals surface area (Å²) in [5.74, 6) is 0.0729. The molecule has 1 unspecified atom stereocenters. The summed E-state index contributed by atoms with van der Waals surface area (Å²) in [4.78, 5) is 14.9. The summed E-state index contributed by atoms with van der Waals surface area (Å²) in [6, 6.07) is 15.9. The maximum Gasteiger partial charge on any atom is 0.257 e. The van der Waals surface area contributed by atoms with E-state index in [0.29, 0.717) is 13.2 Å². The largest absolute Gasteiger partial charge is 0.385 e. The van der Waals surface area contributed by atoms with Crippen LogP contribution < -0.4 is 5.32 Å². The van der Waals surface area contributed by atoms with Gasteiger partial charge in [0.05, 0.1) is 5.56 Å². The first-order chi connectivity index (χ1) is 11.2. The third kappa shape index (κ3) is 3.08. The molecule has 4 nitrogen and oxygen atoms in total. The summed E-state index contributed by atoms with van der Waals surface area (Å²) in [7, 11) is 1.68. The van der Waals surface area contributed by atoms with Crippen LogP contribution in [0.4, 0.5) is 5.69 Å². The number of carbonyl (C=O) groups is 1. The topological polar surface area (TPSA) is 41.6 Å². The van der Waals surface area contributed by atoms with E-state index >= 15 is 0 Å². The Hall–Kier alpha value is -2.33. The summed E-state index contributed by atoms with van der Waals surface area (Å²) < 4.78 is 5.14. The van der Waals surface area contributed by atoms with Gasteiger partial charge in [-0.05, 0) is 36.6 Å². The van der Waals surface area contributed by atoms with E-state index in [0.717, 1.165) is 23.2 Å². The summed E-state index contributed by atoms with van der Waals surface area (Å²) in [6.45, 7) is 3.38. The molecule has 3 rings (SSSR count). The molecule has 4 heteroatoms. The normalized spacial score (nSPS) is 16.9. The van der Waals surface area contributed by atoms with E-state index in [-0.39, 0.29) is 12.1 Å². The Morgan fingerprint density at radius 2 is 1.87 bits per heavy atom. The molecule has 0 bridgehead atoms. The minimum absolute atomic E-state index is 0.0729. The molecular weight excluding hydrogens is 288 g/mol. The van der Waals surface area contributed by atoms with E-state index in [2.05, 4.69) is 24.4 Å². The van der Waals surface area contributed by atoms with Crippen molar-refractivity contribution < 1.29 is 9.53 Å². The van der Waals surface area contributed by atoms with Crippen molar-refractivity contribution in [1.29, 1.82) is 0 Å². The standard InChI is InChI=1S/C19H22N2O2/c1-14-8-3-4-9-15(14)18-20-17-11-6-5-10-16(17)19(22)21(18)12-7-13-23-2/h3-6,8-11,18,20H,7,12-13H2,1-2H3. The molecule has 0 saturated carbocycles. The average molecular weight is 310 g/mol. The van der Waals surface area contributed by atoms with Crippen molar-refractivity contribution in [2.24, 2.45) is 0 Å². The molecule has 120 valence electrons. The highest BCUT2D eigenvalue weighted by molar-refractivity contribution is 6.01. The molecule has 1 aliphatic heterocycles. The van der Waals surface area contributed by atoms with E-state index in [9.17, 15) is 4.79 Å². The number of fused-ring (bicyclic) bond motifs is 1. The average Bonchev–Trinajstić information content (AvgIpc) is 2.57. The van der Waals surface area contributed by atoms with Crippen LogP contribution in [-0.2, 0) is 4.74 Å². The number of carbonyl (C=O) groups excluding carboxylic acids is 1. The van der Waals surface area contributed by atoms with E-state index in [1.807, 2.05) is 41.3 Å². The van der Waals surface area contributed by atoms with Crippen LogP contribution in [0, 0.1) is 6.92 Å². The zero-order valence-electron chi connectivity index (χ0n) is 13.6. The van der Waals surface area contributed by atoms with Gasteiger partial charge < -0.3 is 15.0 Å². The lowest BCUT2D eigenvalue weighted by atomic mass is 10.00. The van der Waals surface area contributed by atoms with Crippen molar-refractivity contribution >= 4 is 11.6 Å². The number of ether oxygens (including phenoxy) is 1. The third-order valence-electron chi connectivity index (χ3n) is 4.25. The first-order valence-electron chi connectivity index (χ1n) is 7.93. The molecule has 2 aromatic rings. The molecule has 0 aromatic heterocycles. The van der Waals surface area contributed by atoms with Gasteiger partial charge >= 0.3 is 0 Å². The van der Waals surface area contributed by atoms with Gasteiger partial charge in [0.25, 0.3) is 5.91 Å². The van der Waals surface area contributed by atoms with Gasteiger partial charge in [-0.2, -0.15) is 0 Å². The third-order valence-corrected chi connectivity index (χ3v) is 4.25. The highest BCUT2D eigenvalue weighted by Gasteiger charge is 2.32. The minimum Gasteiger partial charge on any atom is -0.385 e. The van der Waals surface area contributed by atoms with E-state index < -0.39 is 0 Å². The lowest BCUT2D eigenvalue weighted by Gasteiger charge is -2.38. The molecule has 1 heterocycles. The highest BCUT2D eigenvalue weighted by Crippen LogP contribution is 2.34. The first-order valence-corrected chi connectivity index (χ1v) is 7.93. The van der Waals surface area contributed by atoms with Crippen molar-refractivity contribution in [3.05, 3.63) is 65.2 Å². The highest BCUT2D eigenvalue weighted by atomic mass is 16.5. The molecule has 23 heavy (non-hydrogen) atoms. The molecule has 0 aliphatic carbocycles. The molecule has 0 saturated heterocycles. The van der Waals surface area contributed by atoms with Gasteiger partial charge in [0, 0.05) is 25.9 Å². The number of hydrogen-bond donors (Lipinski definition) is 1. The predicted molar refractivity (Wildman–Crippen MR) is 91.5 cm³/mol. The van der Waals surface area contributed by atoms with E-state index in [4.69, 9.17) is 4.74 Å². The Labute approximate surface area is 137 Å². The van der Waals surface area contributed by atoms with Crippen LogP contribution in [-0.4, -0.2) is 31.1 Å². The van der Waals surface area contributed by atoms with Gasteiger partial charge in [-0.25, -0.2) is 0 Å². The van der Waals surface area contributed by atoms with Crippen molar-refractivity contribution in [1.82, 2.24) is 4.90 Å². The molecule has 1 aliphatic rings. The quantitative estimate of drug-likeness (QED) is 0.858. The smallest absolute Gasteiger partial charge is 0.257 e. The predicted octanol–water partition coefficient (Wildman–Crippen LogP) is 3.60. The fraction of sp³-hybridized carbons (Fsp3) is 0.316. The number of rotatable bonds is 5. The number of benzene rings is 2. The Morgan fingerprint density at radius 3 is 2.65 bits per heavy atom. The molecule has 0 spiro atoms. The zero-order valence-corrected chi connectivity index (χ0v) is 13.6. The Bertz CT molecular complexity index is 699. The fourth-order valence-electron chi connectivity index (χ4n) is 3.04. The van der Waals surface area contributed by atoms with Gasteiger partial charge in [-0.1, -0.05) is 36.4 Å². The Morgan fingerprint density at radius 1 is 1.13 bits per heavy atom. The number of nitrogens with zero attached hydrogens (tertiary/aromatic N) is 1. The number of para-hydroxylation sites is 1. The maximum atomic E-state index is 13.0. The monoisotopic (exact) mass is 310 g/mol. The second-order valence-electron chi connectivity index (χ2n) is 5.79. The van der Waals surface area contributed by atoms with Crippen molar-refractivity contribution in [2.75, 3.05) is 25.6 Å². The number of anilines is 1. The second kappa shape index (κ2) is 6.84. The molecule has 0 radical (unpaired) electrons. The number of aryl methyl sites for hydroxylation is 1. The first kappa shape index (κ1) is 15.6. The summed E-state index contributed by atoms with van der Waals surface area (Å²) in [5, 5.41) is 3.53. The van der Waals surface area contributed by atoms with Crippen LogP contribution in [0.15, 0.2) is 48.5 Å². The van der Waals surface area contributed by atoms with Crippen molar-refractivity contribution in [3.63, 3.8) is 0 Å². The molecule has 1 N–H and O–H groups in total. The van der Waals surface area contributed by atoms with Gasteiger partial charge in [-0.15, -0.1) is 0 Å². The number of methoxy groups -OCH3 is 1. The number of amides is 1. The minimum atomic E-state index is -0.143. The molecular formula is C19H22N2O2. The van der Waals surface area contributed by atoms with Gasteiger partial charge in [0.2, 0.25) is 0 Å². The molecule has 1 amide bonds. The lowest BCUT2D eigenvalue weighted by molar-refractivity contribution is 0.0660. The SMILES string of the molecule is COCCCN1C(=O)c2ccccc2NC1c1ccccc1C. The van der Waals surface area contributed by atoms with E-state index in [1.54, 1.807) is 7.11 Å².